The van der Waals surface area contributed by atoms with Crippen LogP contribution in [0.3, 0.4) is 0 Å². The highest BCUT2D eigenvalue weighted by Crippen LogP contribution is 2.37. The van der Waals surface area contributed by atoms with E-state index in [0.29, 0.717) is 5.70 Å². The lowest BCUT2D eigenvalue weighted by molar-refractivity contribution is 0.576. The molecule has 0 bridgehead atoms. The first kappa shape index (κ1) is 18.0. The molecule has 0 heterocycles. The average molecular weight is 441 g/mol. The maximum absolute atomic E-state index is 12.4. The highest BCUT2D eigenvalue weighted by atomic mass is 79.9. The molecule has 4 rings (SSSR count). The maximum Gasteiger partial charge on any atom is 0.257 e. The average Bonchev–Trinajstić information content (AvgIpc) is 3.04. The van der Waals surface area contributed by atoms with Crippen molar-refractivity contribution in [2.45, 2.75) is 11.3 Å². The summed E-state index contributed by atoms with van der Waals surface area (Å²) in [6, 6.07) is 20.8. The molecule has 4 nitrogen and oxygen atoms in total. The predicted octanol–water partition coefficient (Wildman–Crippen LogP) is 4.47. The van der Waals surface area contributed by atoms with Gasteiger partial charge in [-0.05, 0) is 64.6 Å². The summed E-state index contributed by atoms with van der Waals surface area (Å²) < 4.78 is 25.6. The van der Waals surface area contributed by atoms with Crippen LogP contribution >= 0.6 is 15.9 Å². The van der Waals surface area contributed by atoms with Crippen LogP contribution in [0.4, 0.5) is 0 Å². The molecular weight excluding hydrogens is 424 g/mol. The highest BCUT2D eigenvalue weighted by Gasteiger charge is 2.19. The summed E-state index contributed by atoms with van der Waals surface area (Å²) in [4.78, 5) is 2.56. The van der Waals surface area contributed by atoms with Gasteiger partial charge >= 0.3 is 0 Å². The van der Waals surface area contributed by atoms with E-state index in [-0.39, 0.29) is 4.90 Å². The van der Waals surface area contributed by atoms with Crippen LogP contribution < -0.4 is 10.3 Å². The molecule has 0 unspecified atom stereocenters. The van der Waals surface area contributed by atoms with Gasteiger partial charge in [0.25, 0.3) is 10.0 Å². The standard InChI is InChI=1S/C21H17BrN2O2S/c1-14(23-24-27(25,26)19-10-8-18(22)9-11-19)15-6-7-17-12-16-4-2-3-5-20(16)21(17)13-15/h2-11,13,23-24H,1,12H2. The molecule has 3 aromatic carbocycles. The monoisotopic (exact) mass is 440 g/mol. The Bertz CT molecular complexity index is 1140. The summed E-state index contributed by atoms with van der Waals surface area (Å²) in [7, 11) is -3.68. The normalized spacial score (nSPS) is 12.3. The van der Waals surface area contributed by atoms with E-state index in [1.54, 1.807) is 12.1 Å². The van der Waals surface area contributed by atoms with Gasteiger partial charge in [0.1, 0.15) is 0 Å². The van der Waals surface area contributed by atoms with Crippen molar-refractivity contribution in [2.75, 3.05) is 0 Å². The van der Waals surface area contributed by atoms with Crippen molar-refractivity contribution >= 4 is 31.7 Å². The van der Waals surface area contributed by atoms with Gasteiger partial charge in [0, 0.05) is 10.2 Å². The first-order valence-electron chi connectivity index (χ1n) is 8.38. The molecule has 1 aliphatic rings. The zero-order valence-electron chi connectivity index (χ0n) is 14.4. The summed E-state index contributed by atoms with van der Waals surface area (Å²) in [5.74, 6) is 0. The van der Waals surface area contributed by atoms with Gasteiger partial charge in [-0.25, -0.2) is 8.42 Å². The van der Waals surface area contributed by atoms with Crippen LogP contribution in [0.25, 0.3) is 16.8 Å². The number of halogens is 1. The molecule has 27 heavy (non-hydrogen) atoms. The van der Waals surface area contributed by atoms with Crippen LogP contribution in [0.2, 0.25) is 0 Å². The van der Waals surface area contributed by atoms with E-state index >= 15 is 0 Å². The first-order valence-corrected chi connectivity index (χ1v) is 10.7. The molecule has 0 aliphatic heterocycles. The summed E-state index contributed by atoms with van der Waals surface area (Å²) in [6.45, 7) is 3.97. The molecule has 0 amide bonds. The third-order valence-corrected chi connectivity index (χ3v) is 6.40. The van der Waals surface area contributed by atoms with Crippen molar-refractivity contribution in [2.24, 2.45) is 0 Å². The molecular formula is C21H17BrN2O2S. The van der Waals surface area contributed by atoms with E-state index in [1.165, 1.54) is 34.4 Å². The molecule has 0 spiro atoms. The van der Waals surface area contributed by atoms with E-state index in [4.69, 9.17) is 0 Å². The van der Waals surface area contributed by atoms with Gasteiger partial charge in [-0.3, -0.25) is 0 Å². The maximum atomic E-state index is 12.4. The Labute approximate surface area is 167 Å². The van der Waals surface area contributed by atoms with E-state index in [0.717, 1.165) is 16.5 Å². The number of nitrogens with one attached hydrogen (secondary N) is 2. The topological polar surface area (TPSA) is 58.2 Å². The third-order valence-electron chi connectivity index (χ3n) is 4.61. The summed E-state index contributed by atoms with van der Waals surface area (Å²) in [6.07, 6.45) is 0.919. The second kappa shape index (κ2) is 6.96. The van der Waals surface area contributed by atoms with Gasteiger partial charge in [-0.15, -0.1) is 4.83 Å². The Hall–Kier alpha value is -2.41. The number of hydrogen-bond donors (Lipinski definition) is 2. The van der Waals surface area contributed by atoms with Gasteiger partial charge in [0.2, 0.25) is 0 Å². The molecule has 0 atom stereocenters. The Morgan fingerprint density at radius 3 is 2.41 bits per heavy atom. The van der Waals surface area contributed by atoms with Gasteiger partial charge in [0.15, 0.2) is 0 Å². The van der Waals surface area contributed by atoms with Crippen LogP contribution in [0, 0.1) is 0 Å². The SMILES string of the molecule is C=C(NNS(=O)(=O)c1ccc(Br)cc1)c1ccc2c(c1)-c1ccccc1C2. The van der Waals surface area contributed by atoms with Gasteiger partial charge in [0.05, 0.1) is 4.90 Å². The van der Waals surface area contributed by atoms with E-state index in [2.05, 4.69) is 51.0 Å². The van der Waals surface area contributed by atoms with Crippen LogP contribution in [0.15, 0.2) is 82.7 Å². The van der Waals surface area contributed by atoms with Crippen molar-refractivity contribution in [3.05, 3.63) is 94.5 Å². The number of fused-ring (bicyclic) bond motifs is 3. The molecule has 0 saturated carbocycles. The van der Waals surface area contributed by atoms with E-state index in [9.17, 15) is 8.42 Å². The lowest BCUT2D eigenvalue weighted by Crippen LogP contribution is -2.35. The zero-order valence-corrected chi connectivity index (χ0v) is 16.8. The Kier molecular flexibility index (Phi) is 4.63. The number of hydrazine groups is 1. The summed E-state index contributed by atoms with van der Waals surface area (Å²) in [5, 5.41) is 0. The second-order valence-electron chi connectivity index (χ2n) is 6.37. The second-order valence-corrected chi connectivity index (χ2v) is 8.97. The van der Waals surface area contributed by atoms with Gasteiger partial charge in [-0.2, -0.15) is 0 Å². The number of rotatable bonds is 5. The molecule has 0 radical (unpaired) electrons. The zero-order chi connectivity index (χ0) is 19.0. The lowest BCUT2D eigenvalue weighted by atomic mass is 10.0. The third kappa shape index (κ3) is 3.56. The van der Waals surface area contributed by atoms with E-state index in [1.807, 2.05) is 24.3 Å². The smallest absolute Gasteiger partial charge is 0.257 e. The minimum atomic E-state index is -3.68. The Morgan fingerprint density at radius 1 is 0.926 bits per heavy atom. The minimum Gasteiger partial charge on any atom is -0.308 e. The molecule has 0 fully saturated rings. The fraction of sp³-hybridized carbons (Fsp3) is 0.0476. The quantitative estimate of drug-likeness (QED) is 0.450. The van der Waals surface area contributed by atoms with Crippen LogP contribution in [-0.4, -0.2) is 8.42 Å². The molecule has 0 aromatic heterocycles. The fourth-order valence-corrected chi connectivity index (χ4v) is 4.32. The molecule has 136 valence electrons. The fourth-order valence-electron chi connectivity index (χ4n) is 3.19. The Morgan fingerprint density at radius 2 is 1.63 bits per heavy atom. The van der Waals surface area contributed by atoms with Crippen molar-refractivity contribution in [3.63, 3.8) is 0 Å². The molecule has 2 N–H and O–H groups in total. The number of sulfonamides is 1. The van der Waals surface area contributed by atoms with Crippen LogP contribution in [0.5, 0.6) is 0 Å². The molecule has 6 heteroatoms. The van der Waals surface area contributed by atoms with Crippen molar-refractivity contribution in [1.82, 2.24) is 10.3 Å². The molecule has 3 aromatic rings. The summed E-state index contributed by atoms with van der Waals surface area (Å²) >= 11 is 3.30. The summed E-state index contributed by atoms with van der Waals surface area (Å²) in [5.41, 5.74) is 9.01. The Balaban J connectivity index is 1.52. The highest BCUT2D eigenvalue weighted by molar-refractivity contribution is 9.10. The first-order chi connectivity index (χ1) is 12.9. The predicted molar refractivity (Wildman–Crippen MR) is 111 cm³/mol. The van der Waals surface area contributed by atoms with Crippen molar-refractivity contribution < 1.29 is 8.42 Å². The minimum absolute atomic E-state index is 0.175. The largest absolute Gasteiger partial charge is 0.308 e. The van der Waals surface area contributed by atoms with Crippen LogP contribution in [0.1, 0.15) is 16.7 Å². The van der Waals surface area contributed by atoms with Gasteiger partial charge in [-0.1, -0.05) is 58.9 Å². The molecule has 0 saturated heterocycles. The molecule has 1 aliphatic carbocycles. The van der Waals surface area contributed by atoms with Crippen LogP contribution in [-0.2, 0) is 16.4 Å². The van der Waals surface area contributed by atoms with Crippen molar-refractivity contribution in [1.29, 1.82) is 0 Å². The van der Waals surface area contributed by atoms with Gasteiger partial charge < -0.3 is 5.43 Å². The number of benzene rings is 3. The lowest BCUT2D eigenvalue weighted by Gasteiger charge is -2.13. The van der Waals surface area contributed by atoms with E-state index < -0.39 is 10.0 Å². The van der Waals surface area contributed by atoms with Crippen molar-refractivity contribution in [3.8, 4) is 11.1 Å². The number of hydrogen-bond acceptors (Lipinski definition) is 3.